The molecule has 0 bridgehead atoms. The number of ether oxygens (including phenoxy) is 1. The summed E-state index contributed by atoms with van der Waals surface area (Å²) in [4.78, 5) is 0. The normalized spacial score (nSPS) is 20.9. The summed E-state index contributed by atoms with van der Waals surface area (Å²) in [7, 11) is 0. The van der Waals surface area contributed by atoms with E-state index < -0.39 is 0 Å². The third-order valence-electron chi connectivity index (χ3n) is 4.56. The molecule has 1 aromatic rings. The Morgan fingerprint density at radius 2 is 1.94 bits per heavy atom. The summed E-state index contributed by atoms with van der Waals surface area (Å²) in [5, 5.41) is 0. The van der Waals surface area contributed by atoms with Crippen LogP contribution < -0.4 is 4.74 Å². The van der Waals surface area contributed by atoms with Gasteiger partial charge in [0.1, 0.15) is 11.4 Å². The lowest BCUT2D eigenvalue weighted by atomic mass is 9.73. The van der Waals surface area contributed by atoms with Crippen LogP contribution in [0.4, 0.5) is 0 Å². The van der Waals surface area contributed by atoms with E-state index in [2.05, 4.69) is 32.9 Å². The Labute approximate surface area is 104 Å². The van der Waals surface area contributed by atoms with Crippen LogP contribution in [0.25, 0.3) is 0 Å². The van der Waals surface area contributed by atoms with Crippen LogP contribution in [0.5, 0.6) is 5.75 Å². The van der Waals surface area contributed by atoms with Gasteiger partial charge < -0.3 is 4.74 Å². The third-order valence-corrected chi connectivity index (χ3v) is 4.56. The summed E-state index contributed by atoms with van der Waals surface area (Å²) in [5.41, 5.74) is 4.48. The third kappa shape index (κ3) is 1.67. The average Bonchev–Trinajstić information content (AvgIpc) is 2.26. The van der Waals surface area contributed by atoms with Gasteiger partial charge in [0.25, 0.3) is 0 Å². The van der Waals surface area contributed by atoms with E-state index >= 15 is 0 Å². The van der Waals surface area contributed by atoms with Gasteiger partial charge in [-0.1, -0.05) is 26.0 Å². The molecule has 1 saturated carbocycles. The highest BCUT2D eigenvalue weighted by Crippen LogP contribution is 2.47. The molecule has 0 atom stereocenters. The van der Waals surface area contributed by atoms with Crippen LogP contribution in [0.15, 0.2) is 12.1 Å². The summed E-state index contributed by atoms with van der Waals surface area (Å²) in [5.74, 6) is 1.78. The van der Waals surface area contributed by atoms with Crippen LogP contribution >= 0.6 is 0 Å². The molecule has 0 amide bonds. The summed E-state index contributed by atoms with van der Waals surface area (Å²) in [6.07, 6.45) is 6.30. The van der Waals surface area contributed by atoms with Gasteiger partial charge in [0.05, 0.1) is 0 Å². The molecule has 0 N–H and O–H groups in total. The largest absolute Gasteiger partial charge is 0.487 e. The van der Waals surface area contributed by atoms with Gasteiger partial charge in [0, 0.05) is 0 Å². The van der Waals surface area contributed by atoms with Crippen molar-refractivity contribution in [1.82, 2.24) is 0 Å². The van der Waals surface area contributed by atoms with Crippen molar-refractivity contribution in [2.24, 2.45) is 0 Å². The standard InChI is InChI=1S/C16H22O/c1-11(2)13-6-5-12(3)14-7-10-16(8-4-9-16)17-15(13)14/h5-6,11H,4,7-10H2,1-3H3. The van der Waals surface area contributed by atoms with Crippen LogP contribution in [-0.4, -0.2) is 5.60 Å². The second kappa shape index (κ2) is 3.76. The minimum atomic E-state index is 0.213. The van der Waals surface area contributed by atoms with Crippen molar-refractivity contribution in [1.29, 1.82) is 0 Å². The number of benzene rings is 1. The molecular formula is C16H22O. The van der Waals surface area contributed by atoms with Gasteiger partial charge in [-0.2, -0.15) is 0 Å². The molecule has 1 spiro atoms. The van der Waals surface area contributed by atoms with E-state index in [0.717, 1.165) is 0 Å². The van der Waals surface area contributed by atoms with Gasteiger partial charge in [-0.25, -0.2) is 0 Å². The van der Waals surface area contributed by atoms with Gasteiger partial charge in [0.2, 0.25) is 0 Å². The zero-order chi connectivity index (χ0) is 12.0. The first-order chi connectivity index (χ1) is 8.11. The highest BCUT2D eigenvalue weighted by Gasteiger charge is 2.42. The molecule has 1 aromatic carbocycles. The summed E-state index contributed by atoms with van der Waals surface area (Å²) in [6, 6.07) is 4.52. The molecule has 1 fully saturated rings. The predicted octanol–water partition coefficient (Wildman–Crippen LogP) is 4.37. The van der Waals surface area contributed by atoms with Crippen LogP contribution in [-0.2, 0) is 6.42 Å². The fraction of sp³-hybridized carbons (Fsp3) is 0.625. The molecule has 1 aliphatic carbocycles. The Bertz CT molecular complexity index is 441. The van der Waals surface area contributed by atoms with Crippen molar-refractivity contribution < 1.29 is 4.74 Å². The summed E-state index contributed by atoms with van der Waals surface area (Å²) >= 11 is 0. The van der Waals surface area contributed by atoms with Crippen molar-refractivity contribution in [3.05, 3.63) is 28.8 Å². The average molecular weight is 230 g/mol. The van der Waals surface area contributed by atoms with E-state index in [1.54, 1.807) is 0 Å². The molecule has 17 heavy (non-hydrogen) atoms. The Hall–Kier alpha value is -0.980. The van der Waals surface area contributed by atoms with Crippen molar-refractivity contribution in [2.75, 3.05) is 0 Å². The highest BCUT2D eigenvalue weighted by molar-refractivity contribution is 5.49. The molecule has 0 saturated heterocycles. The van der Waals surface area contributed by atoms with Crippen molar-refractivity contribution in [3.63, 3.8) is 0 Å². The molecule has 0 aromatic heterocycles. The van der Waals surface area contributed by atoms with Gasteiger partial charge in [0.15, 0.2) is 0 Å². The quantitative estimate of drug-likeness (QED) is 0.696. The van der Waals surface area contributed by atoms with Crippen LogP contribution in [0.3, 0.4) is 0 Å². The summed E-state index contributed by atoms with van der Waals surface area (Å²) in [6.45, 7) is 6.73. The smallest absolute Gasteiger partial charge is 0.127 e. The van der Waals surface area contributed by atoms with Crippen LogP contribution in [0, 0.1) is 6.92 Å². The molecule has 1 aliphatic heterocycles. The number of hydrogen-bond donors (Lipinski definition) is 0. The van der Waals surface area contributed by atoms with E-state index in [4.69, 9.17) is 4.74 Å². The van der Waals surface area contributed by atoms with Crippen LogP contribution in [0.2, 0.25) is 0 Å². The fourth-order valence-corrected chi connectivity index (χ4v) is 3.17. The maximum Gasteiger partial charge on any atom is 0.127 e. The molecular weight excluding hydrogens is 208 g/mol. The predicted molar refractivity (Wildman–Crippen MR) is 70.8 cm³/mol. The van der Waals surface area contributed by atoms with E-state index in [-0.39, 0.29) is 5.60 Å². The van der Waals surface area contributed by atoms with Crippen molar-refractivity contribution in [2.45, 2.75) is 64.4 Å². The number of hydrogen-bond acceptors (Lipinski definition) is 1. The SMILES string of the molecule is Cc1ccc(C(C)C)c2c1CCC1(CCC1)O2. The molecule has 2 aliphatic rings. The van der Waals surface area contributed by atoms with E-state index in [0.29, 0.717) is 5.92 Å². The second-order valence-electron chi connectivity index (χ2n) is 6.07. The van der Waals surface area contributed by atoms with E-state index in [1.165, 1.54) is 54.5 Å². The monoisotopic (exact) mass is 230 g/mol. The Kier molecular flexibility index (Phi) is 2.46. The first kappa shape index (κ1) is 11.1. The van der Waals surface area contributed by atoms with Crippen LogP contribution in [0.1, 0.15) is 62.1 Å². The van der Waals surface area contributed by atoms with Gasteiger partial charge in [-0.05, 0) is 61.6 Å². The molecule has 1 heterocycles. The molecule has 0 unspecified atom stereocenters. The minimum Gasteiger partial charge on any atom is -0.487 e. The lowest BCUT2D eigenvalue weighted by Crippen LogP contribution is -2.46. The van der Waals surface area contributed by atoms with Crippen molar-refractivity contribution >= 4 is 0 Å². The molecule has 92 valence electrons. The lowest BCUT2D eigenvalue weighted by molar-refractivity contribution is -0.0260. The zero-order valence-corrected chi connectivity index (χ0v) is 11.2. The van der Waals surface area contributed by atoms with Gasteiger partial charge in [-0.3, -0.25) is 0 Å². The van der Waals surface area contributed by atoms with Crippen molar-refractivity contribution in [3.8, 4) is 5.75 Å². The van der Waals surface area contributed by atoms with Gasteiger partial charge >= 0.3 is 0 Å². The Morgan fingerprint density at radius 3 is 2.53 bits per heavy atom. The molecule has 1 nitrogen and oxygen atoms in total. The lowest BCUT2D eigenvalue weighted by Gasteiger charge is -2.46. The molecule has 1 heteroatoms. The molecule has 3 rings (SSSR count). The number of aryl methyl sites for hydroxylation is 1. The Balaban J connectivity index is 2.06. The highest BCUT2D eigenvalue weighted by atomic mass is 16.5. The van der Waals surface area contributed by atoms with E-state index in [9.17, 15) is 0 Å². The zero-order valence-electron chi connectivity index (χ0n) is 11.2. The summed E-state index contributed by atoms with van der Waals surface area (Å²) < 4.78 is 6.43. The number of fused-ring (bicyclic) bond motifs is 1. The fourth-order valence-electron chi connectivity index (χ4n) is 3.17. The first-order valence-electron chi connectivity index (χ1n) is 6.93. The maximum absolute atomic E-state index is 6.43. The second-order valence-corrected chi connectivity index (χ2v) is 6.07. The van der Waals surface area contributed by atoms with Gasteiger partial charge in [-0.15, -0.1) is 0 Å². The van der Waals surface area contributed by atoms with E-state index in [1.807, 2.05) is 0 Å². The molecule has 0 radical (unpaired) electrons. The minimum absolute atomic E-state index is 0.213. The number of rotatable bonds is 1. The first-order valence-corrected chi connectivity index (χ1v) is 6.93. The maximum atomic E-state index is 6.43. The topological polar surface area (TPSA) is 9.23 Å². The Morgan fingerprint density at radius 1 is 1.18 bits per heavy atom.